The molecule has 0 aliphatic heterocycles. The van der Waals surface area contributed by atoms with Gasteiger partial charge in [0.15, 0.2) is 0 Å². The van der Waals surface area contributed by atoms with Crippen LogP contribution in [0.4, 0.5) is 0 Å². The summed E-state index contributed by atoms with van der Waals surface area (Å²) in [6.07, 6.45) is 1.59. The highest BCUT2D eigenvalue weighted by atomic mass is 16.5. The summed E-state index contributed by atoms with van der Waals surface area (Å²) >= 11 is 0. The van der Waals surface area contributed by atoms with Gasteiger partial charge in [0.2, 0.25) is 0 Å². The van der Waals surface area contributed by atoms with Gasteiger partial charge in [-0.3, -0.25) is 4.98 Å². The highest BCUT2D eigenvalue weighted by Gasteiger charge is 1.92. The Morgan fingerprint density at radius 1 is 1.67 bits per heavy atom. The van der Waals surface area contributed by atoms with Gasteiger partial charge in [0.05, 0.1) is 19.9 Å². The van der Waals surface area contributed by atoms with Gasteiger partial charge < -0.3 is 4.74 Å². The smallest absolute Gasteiger partial charge is 0.137 e. The molecule has 1 rings (SSSR count). The van der Waals surface area contributed by atoms with E-state index >= 15 is 0 Å². The predicted molar refractivity (Wildman–Crippen MR) is 43.6 cm³/mol. The molecule has 0 amide bonds. The van der Waals surface area contributed by atoms with E-state index in [0.717, 1.165) is 5.69 Å². The van der Waals surface area contributed by atoms with Crippen LogP contribution in [0.2, 0.25) is 0 Å². The lowest BCUT2D eigenvalue weighted by molar-refractivity contribution is 0.412. The van der Waals surface area contributed by atoms with Crippen LogP contribution < -0.4 is 4.74 Å². The van der Waals surface area contributed by atoms with Crippen molar-refractivity contribution in [2.75, 3.05) is 7.11 Å². The zero-order valence-electron chi connectivity index (χ0n) is 6.64. The Morgan fingerprint density at radius 2 is 2.50 bits per heavy atom. The molecule has 0 atom stereocenters. The fourth-order valence-electron chi connectivity index (χ4n) is 0.729. The van der Waals surface area contributed by atoms with Crippen LogP contribution in [0.15, 0.2) is 23.4 Å². The number of nitrogens with zero attached hydrogens (tertiary/aromatic N) is 4. The van der Waals surface area contributed by atoms with Gasteiger partial charge in [-0.05, 0) is 17.7 Å². The summed E-state index contributed by atoms with van der Waals surface area (Å²) in [4.78, 5) is 6.62. The highest BCUT2D eigenvalue weighted by Crippen LogP contribution is 2.08. The molecule has 0 fully saturated rings. The summed E-state index contributed by atoms with van der Waals surface area (Å²) in [5.41, 5.74) is 8.76. The maximum absolute atomic E-state index is 8.03. The van der Waals surface area contributed by atoms with Gasteiger partial charge in [-0.1, -0.05) is 5.11 Å². The first-order valence-electron chi connectivity index (χ1n) is 3.36. The second kappa shape index (κ2) is 4.20. The molecular weight excluding hydrogens is 156 g/mol. The van der Waals surface area contributed by atoms with Gasteiger partial charge in [0.1, 0.15) is 5.75 Å². The van der Waals surface area contributed by atoms with Crippen LogP contribution in [0.5, 0.6) is 5.75 Å². The predicted octanol–water partition coefficient (Wildman–Crippen LogP) is 1.90. The zero-order valence-corrected chi connectivity index (χ0v) is 6.64. The van der Waals surface area contributed by atoms with Crippen molar-refractivity contribution in [3.05, 3.63) is 34.5 Å². The second-order valence-corrected chi connectivity index (χ2v) is 2.08. The standard InChI is InChI=1S/C7H8N4O/c1-12-7-3-2-6(9-5-7)4-10-11-8/h2-3,5H,4H2,1H3. The summed E-state index contributed by atoms with van der Waals surface area (Å²) in [6.45, 7) is 0.278. The molecule has 1 aromatic rings. The van der Waals surface area contributed by atoms with Crippen molar-refractivity contribution in [3.8, 4) is 5.75 Å². The first-order valence-corrected chi connectivity index (χ1v) is 3.36. The van der Waals surface area contributed by atoms with Crippen LogP contribution in [0.3, 0.4) is 0 Å². The van der Waals surface area contributed by atoms with Crippen molar-refractivity contribution in [1.29, 1.82) is 0 Å². The Morgan fingerprint density at radius 3 is 3.00 bits per heavy atom. The highest BCUT2D eigenvalue weighted by molar-refractivity contribution is 5.19. The third-order valence-electron chi connectivity index (χ3n) is 1.33. The molecule has 0 radical (unpaired) electrons. The first kappa shape index (κ1) is 8.36. The summed E-state index contributed by atoms with van der Waals surface area (Å²) in [7, 11) is 1.57. The van der Waals surface area contributed by atoms with E-state index in [0.29, 0.717) is 5.75 Å². The summed E-state index contributed by atoms with van der Waals surface area (Å²) in [5, 5.41) is 3.37. The second-order valence-electron chi connectivity index (χ2n) is 2.08. The van der Waals surface area contributed by atoms with Crippen molar-refractivity contribution < 1.29 is 4.74 Å². The van der Waals surface area contributed by atoms with E-state index in [9.17, 15) is 0 Å². The van der Waals surface area contributed by atoms with Crippen molar-refractivity contribution in [3.63, 3.8) is 0 Å². The molecule has 12 heavy (non-hydrogen) atoms. The number of ether oxygens (including phenoxy) is 1. The molecule has 5 heteroatoms. The molecule has 0 bridgehead atoms. The van der Waals surface area contributed by atoms with E-state index in [1.165, 1.54) is 0 Å². The molecule has 0 saturated carbocycles. The van der Waals surface area contributed by atoms with Crippen LogP contribution in [0.1, 0.15) is 5.69 Å². The molecule has 1 aromatic heterocycles. The molecule has 0 aromatic carbocycles. The van der Waals surface area contributed by atoms with Crippen LogP contribution in [0, 0.1) is 0 Å². The van der Waals surface area contributed by atoms with E-state index in [1.54, 1.807) is 25.4 Å². The Balaban J connectivity index is 2.70. The van der Waals surface area contributed by atoms with E-state index < -0.39 is 0 Å². The minimum absolute atomic E-state index is 0.278. The topological polar surface area (TPSA) is 70.9 Å². The SMILES string of the molecule is COc1ccc(CN=[N+]=[N-])nc1. The summed E-state index contributed by atoms with van der Waals surface area (Å²) in [6, 6.07) is 3.53. The van der Waals surface area contributed by atoms with E-state index in [2.05, 4.69) is 15.0 Å². The number of methoxy groups -OCH3 is 1. The number of azide groups is 1. The Labute approximate surface area is 69.6 Å². The van der Waals surface area contributed by atoms with Gasteiger partial charge in [0.25, 0.3) is 0 Å². The van der Waals surface area contributed by atoms with Crippen LogP contribution in [0.25, 0.3) is 10.4 Å². The molecule has 0 spiro atoms. The van der Waals surface area contributed by atoms with Crippen LogP contribution >= 0.6 is 0 Å². The van der Waals surface area contributed by atoms with Gasteiger partial charge in [-0.2, -0.15) is 0 Å². The fourth-order valence-corrected chi connectivity index (χ4v) is 0.729. The minimum atomic E-state index is 0.278. The minimum Gasteiger partial charge on any atom is -0.495 e. The van der Waals surface area contributed by atoms with Gasteiger partial charge in [0, 0.05) is 10.6 Å². The molecule has 0 N–H and O–H groups in total. The summed E-state index contributed by atoms with van der Waals surface area (Å²) < 4.78 is 4.91. The van der Waals surface area contributed by atoms with Crippen molar-refractivity contribution in [2.45, 2.75) is 6.54 Å². The van der Waals surface area contributed by atoms with Crippen LogP contribution in [-0.4, -0.2) is 12.1 Å². The normalized spacial score (nSPS) is 8.75. The van der Waals surface area contributed by atoms with Crippen molar-refractivity contribution >= 4 is 0 Å². The molecule has 0 unspecified atom stereocenters. The molecule has 62 valence electrons. The van der Waals surface area contributed by atoms with Crippen molar-refractivity contribution in [2.24, 2.45) is 5.11 Å². The average molecular weight is 164 g/mol. The Bertz CT molecular complexity index is 289. The number of hydrogen-bond donors (Lipinski definition) is 0. The van der Waals surface area contributed by atoms with E-state index in [1.807, 2.05) is 0 Å². The maximum atomic E-state index is 8.03. The Hall–Kier alpha value is -1.74. The third kappa shape index (κ3) is 2.14. The fraction of sp³-hybridized carbons (Fsp3) is 0.286. The molecule has 0 aliphatic carbocycles. The quantitative estimate of drug-likeness (QED) is 0.389. The monoisotopic (exact) mass is 164 g/mol. The van der Waals surface area contributed by atoms with Crippen molar-refractivity contribution in [1.82, 2.24) is 4.98 Å². The van der Waals surface area contributed by atoms with Gasteiger partial charge in [-0.15, -0.1) is 0 Å². The van der Waals surface area contributed by atoms with E-state index in [4.69, 9.17) is 10.3 Å². The lowest BCUT2D eigenvalue weighted by Gasteiger charge is -1.98. The average Bonchev–Trinajstić information content (AvgIpc) is 2.15. The van der Waals surface area contributed by atoms with Gasteiger partial charge in [-0.25, -0.2) is 0 Å². The zero-order chi connectivity index (χ0) is 8.81. The number of rotatable bonds is 3. The third-order valence-corrected chi connectivity index (χ3v) is 1.33. The number of pyridine rings is 1. The maximum Gasteiger partial charge on any atom is 0.137 e. The lowest BCUT2D eigenvalue weighted by atomic mass is 10.3. The molecule has 0 aliphatic rings. The summed E-state index contributed by atoms with van der Waals surface area (Å²) in [5.74, 6) is 0.694. The largest absolute Gasteiger partial charge is 0.495 e. The first-order chi connectivity index (χ1) is 5.86. The van der Waals surface area contributed by atoms with E-state index in [-0.39, 0.29) is 6.54 Å². The molecule has 1 heterocycles. The molecule has 0 saturated heterocycles. The number of aromatic nitrogens is 1. The number of hydrogen-bond acceptors (Lipinski definition) is 3. The Kier molecular flexibility index (Phi) is 2.93. The van der Waals surface area contributed by atoms with Gasteiger partial charge >= 0.3 is 0 Å². The lowest BCUT2D eigenvalue weighted by Crippen LogP contribution is -1.88. The van der Waals surface area contributed by atoms with Crippen LogP contribution in [-0.2, 0) is 6.54 Å². The molecule has 5 nitrogen and oxygen atoms in total. The molecular formula is C7H8N4O.